The lowest BCUT2D eigenvalue weighted by molar-refractivity contribution is 0.427. The number of thioether (sulfide) groups is 1. The molecule has 1 aromatic rings. The summed E-state index contributed by atoms with van der Waals surface area (Å²) in [5, 5.41) is 17.3. The van der Waals surface area contributed by atoms with Gasteiger partial charge in [-0.3, -0.25) is 0 Å². The van der Waals surface area contributed by atoms with Gasteiger partial charge in [-0.2, -0.15) is 0 Å². The molecular formula is C4H6BNO2S2. The fourth-order valence-corrected chi connectivity index (χ4v) is 1.78. The van der Waals surface area contributed by atoms with Crippen LogP contribution in [0.3, 0.4) is 0 Å². The lowest BCUT2D eigenvalue weighted by Gasteiger charge is -1.87. The number of rotatable bonds is 2. The molecule has 1 rings (SSSR count). The third kappa shape index (κ3) is 1.73. The smallest absolute Gasteiger partial charge is 0.423 e. The summed E-state index contributed by atoms with van der Waals surface area (Å²) < 4.78 is 1.34. The van der Waals surface area contributed by atoms with Crippen LogP contribution in [0, 0.1) is 0 Å². The molecule has 0 saturated carbocycles. The van der Waals surface area contributed by atoms with E-state index in [0.717, 1.165) is 4.34 Å². The Morgan fingerprint density at radius 1 is 1.70 bits per heavy atom. The zero-order chi connectivity index (χ0) is 7.56. The van der Waals surface area contributed by atoms with Crippen LogP contribution in [-0.2, 0) is 0 Å². The van der Waals surface area contributed by atoms with Crippen molar-refractivity contribution in [3.05, 3.63) is 6.20 Å². The van der Waals surface area contributed by atoms with Crippen molar-refractivity contribution in [1.29, 1.82) is 0 Å². The lowest BCUT2D eigenvalue weighted by Crippen LogP contribution is -2.26. The Morgan fingerprint density at radius 2 is 2.40 bits per heavy atom. The molecule has 0 aliphatic heterocycles. The quantitative estimate of drug-likeness (QED) is 0.472. The first-order valence-electron chi connectivity index (χ1n) is 2.60. The van der Waals surface area contributed by atoms with Gasteiger partial charge < -0.3 is 10.0 Å². The van der Waals surface area contributed by atoms with E-state index in [1.807, 2.05) is 6.26 Å². The predicted octanol–water partition coefficient (Wildman–Crippen LogP) is -0.455. The fraction of sp³-hybridized carbons (Fsp3) is 0.250. The number of nitrogens with zero attached hydrogens (tertiary/aromatic N) is 1. The van der Waals surface area contributed by atoms with E-state index in [-0.39, 0.29) is 0 Å². The van der Waals surface area contributed by atoms with Gasteiger partial charge in [-0.15, -0.1) is 11.3 Å². The molecule has 3 nitrogen and oxygen atoms in total. The number of hydrogen-bond donors (Lipinski definition) is 2. The van der Waals surface area contributed by atoms with E-state index < -0.39 is 7.12 Å². The molecule has 1 aromatic heterocycles. The molecule has 54 valence electrons. The highest BCUT2D eigenvalue weighted by atomic mass is 32.2. The number of hydrogen-bond acceptors (Lipinski definition) is 5. The van der Waals surface area contributed by atoms with Gasteiger partial charge in [-0.05, 0) is 6.26 Å². The van der Waals surface area contributed by atoms with Crippen LogP contribution < -0.4 is 4.78 Å². The second kappa shape index (κ2) is 3.38. The van der Waals surface area contributed by atoms with E-state index in [1.54, 1.807) is 0 Å². The fourth-order valence-electron chi connectivity index (χ4n) is 0.484. The van der Waals surface area contributed by atoms with Crippen molar-refractivity contribution in [2.24, 2.45) is 0 Å². The Morgan fingerprint density at radius 3 is 2.70 bits per heavy atom. The highest BCUT2D eigenvalue weighted by molar-refractivity contribution is 8.00. The van der Waals surface area contributed by atoms with Crippen LogP contribution in [-0.4, -0.2) is 28.4 Å². The maximum Gasteiger partial charge on any atom is 0.500 e. The Labute approximate surface area is 67.3 Å². The summed E-state index contributed by atoms with van der Waals surface area (Å²) >= 11 is 2.79. The molecule has 0 fully saturated rings. The first-order chi connectivity index (χ1) is 4.74. The van der Waals surface area contributed by atoms with Crippen LogP contribution in [0.1, 0.15) is 0 Å². The van der Waals surface area contributed by atoms with Crippen molar-refractivity contribution in [3.8, 4) is 0 Å². The molecule has 0 aliphatic rings. The summed E-state index contributed by atoms with van der Waals surface area (Å²) in [6.07, 6.45) is 3.37. The minimum absolute atomic E-state index is 0.490. The van der Waals surface area contributed by atoms with E-state index in [0.29, 0.717) is 4.78 Å². The molecule has 0 radical (unpaired) electrons. The lowest BCUT2D eigenvalue weighted by atomic mass is 9.91. The Balaban J connectivity index is 2.78. The summed E-state index contributed by atoms with van der Waals surface area (Å²) in [6.45, 7) is 0. The summed E-state index contributed by atoms with van der Waals surface area (Å²) in [7, 11) is -1.38. The third-order valence-electron chi connectivity index (χ3n) is 0.931. The summed E-state index contributed by atoms with van der Waals surface area (Å²) in [5.74, 6) is 0. The number of aromatic nitrogens is 1. The van der Waals surface area contributed by atoms with Gasteiger partial charge in [0.2, 0.25) is 0 Å². The van der Waals surface area contributed by atoms with Crippen LogP contribution in [0.4, 0.5) is 0 Å². The van der Waals surface area contributed by atoms with Crippen molar-refractivity contribution in [2.45, 2.75) is 4.34 Å². The molecule has 0 saturated heterocycles. The van der Waals surface area contributed by atoms with E-state index >= 15 is 0 Å². The van der Waals surface area contributed by atoms with Crippen LogP contribution in [0.5, 0.6) is 0 Å². The number of thiazole rings is 1. The van der Waals surface area contributed by atoms with Gasteiger partial charge in [-0.25, -0.2) is 4.98 Å². The molecule has 0 aliphatic carbocycles. The van der Waals surface area contributed by atoms with Gasteiger partial charge in [0.1, 0.15) is 4.34 Å². The largest absolute Gasteiger partial charge is 0.500 e. The highest BCUT2D eigenvalue weighted by Gasteiger charge is 2.13. The molecule has 6 heteroatoms. The maximum atomic E-state index is 8.65. The predicted molar refractivity (Wildman–Crippen MR) is 43.7 cm³/mol. The molecule has 1 heterocycles. The molecular weight excluding hydrogens is 169 g/mol. The first-order valence-corrected chi connectivity index (χ1v) is 4.64. The SMILES string of the molecule is CSc1ncc(B(O)O)s1. The highest BCUT2D eigenvalue weighted by Crippen LogP contribution is 2.14. The molecule has 2 N–H and O–H groups in total. The minimum atomic E-state index is -1.38. The summed E-state index contributed by atoms with van der Waals surface area (Å²) in [4.78, 5) is 3.92. The van der Waals surface area contributed by atoms with Crippen molar-refractivity contribution >= 4 is 35.0 Å². The maximum absolute atomic E-state index is 8.65. The van der Waals surface area contributed by atoms with Gasteiger partial charge in [0, 0.05) is 6.20 Å². The normalized spacial score (nSPS) is 9.90. The Hall–Kier alpha value is -0.0351. The van der Waals surface area contributed by atoms with E-state index in [1.165, 1.54) is 29.3 Å². The topological polar surface area (TPSA) is 53.4 Å². The van der Waals surface area contributed by atoms with Gasteiger partial charge in [-0.1, -0.05) is 11.8 Å². The van der Waals surface area contributed by atoms with Crippen LogP contribution in [0.15, 0.2) is 10.5 Å². The van der Waals surface area contributed by atoms with Crippen molar-refractivity contribution in [3.63, 3.8) is 0 Å². The van der Waals surface area contributed by atoms with Gasteiger partial charge in [0.15, 0.2) is 0 Å². The van der Waals surface area contributed by atoms with Gasteiger partial charge >= 0.3 is 7.12 Å². The van der Waals surface area contributed by atoms with Gasteiger partial charge in [0.05, 0.1) is 4.78 Å². The molecule has 0 bridgehead atoms. The van der Waals surface area contributed by atoms with E-state index in [9.17, 15) is 0 Å². The average Bonchev–Trinajstić information content (AvgIpc) is 2.34. The zero-order valence-electron chi connectivity index (χ0n) is 5.31. The standard InChI is InChI=1S/C4H6BNO2S2/c1-9-4-6-2-3(10-4)5(7)8/h2,7-8H,1H3. The second-order valence-corrected chi connectivity index (χ2v) is 3.72. The molecule has 0 spiro atoms. The Kier molecular flexibility index (Phi) is 2.73. The second-order valence-electron chi connectivity index (χ2n) is 1.61. The average molecular weight is 175 g/mol. The summed E-state index contributed by atoms with van der Waals surface area (Å²) in [6, 6.07) is 0. The molecule has 0 amide bonds. The zero-order valence-corrected chi connectivity index (χ0v) is 6.95. The third-order valence-corrected chi connectivity index (χ3v) is 2.97. The van der Waals surface area contributed by atoms with Crippen LogP contribution in [0.2, 0.25) is 0 Å². The van der Waals surface area contributed by atoms with Crippen molar-refractivity contribution in [1.82, 2.24) is 4.98 Å². The molecule has 10 heavy (non-hydrogen) atoms. The van der Waals surface area contributed by atoms with Crippen LogP contribution in [0.25, 0.3) is 0 Å². The monoisotopic (exact) mass is 175 g/mol. The van der Waals surface area contributed by atoms with Crippen molar-refractivity contribution < 1.29 is 10.0 Å². The minimum Gasteiger partial charge on any atom is -0.423 e. The van der Waals surface area contributed by atoms with Crippen molar-refractivity contribution in [2.75, 3.05) is 6.26 Å². The Bertz CT molecular complexity index is 215. The van der Waals surface area contributed by atoms with E-state index in [2.05, 4.69) is 4.98 Å². The first kappa shape index (κ1) is 8.07. The molecule has 0 atom stereocenters. The molecule has 0 unspecified atom stereocenters. The molecule has 0 aromatic carbocycles. The van der Waals surface area contributed by atoms with E-state index in [4.69, 9.17) is 10.0 Å². The summed E-state index contributed by atoms with van der Waals surface area (Å²) in [5.41, 5.74) is 0. The van der Waals surface area contributed by atoms with Gasteiger partial charge in [0.25, 0.3) is 0 Å². The van der Waals surface area contributed by atoms with Crippen LogP contribution >= 0.6 is 23.1 Å².